The number of carboxylic acid groups (broad SMARTS) is 1. The molecule has 10 heteroatoms. The summed E-state index contributed by atoms with van der Waals surface area (Å²) in [6, 6.07) is 4.49. The largest absolute Gasteiger partial charge is 0.480 e. The zero-order valence-electron chi connectivity index (χ0n) is 18.3. The molecule has 0 radical (unpaired) electrons. The molecule has 0 unspecified atom stereocenters. The highest BCUT2D eigenvalue weighted by Crippen LogP contribution is 2.21. The highest BCUT2D eigenvalue weighted by molar-refractivity contribution is 7.89. The number of carbonyl (C=O) groups is 3. The van der Waals surface area contributed by atoms with Crippen LogP contribution in [-0.2, 0) is 24.4 Å². The van der Waals surface area contributed by atoms with E-state index in [1.807, 2.05) is 6.92 Å². The van der Waals surface area contributed by atoms with Crippen molar-refractivity contribution in [2.75, 3.05) is 13.1 Å². The van der Waals surface area contributed by atoms with E-state index in [2.05, 4.69) is 10.0 Å². The van der Waals surface area contributed by atoms with Gasteiger partial charge in [-0.15, -0.1) is 0 Å². The van der Waals surface area contributed by atoms with E-state index in [1.54, 1.807) is 30.9 Å². The molecule has 2 atom stereocenters. The first-order valence-electron chi connectivity index (χ1n) is 10.3. The van der Waals surface area contributed by atoms with Gasteiger partial charge < -0.3 is 15.3 Å². The third-order valence-corrected chi connectivity index (χ3v) is 6.91. The third kappa shape index (κ3) is 6.51. The SMILES string of the molecule is Cc1ccc(S(=O)(=O)N[C@@H](C(=O)N2CCC(C(=O)N[C@H](C)C(=O)O)CC2)C(C)C)cc1. The van der Waals surface area contributed by atoms with E-state index in [1.165, 1.54) is 19.1 Å². The first-order valence-corrected chi connectivity index (χ1v) is 11.8. The smallest absolute Gasteiger partial charge is 0.325 e. The predicted molar refractivity (Wildman–Crippen MR) is 115 cm³/mol. The molecule has 1 aliphatic rings. The second kappa shape index (κ2) is 10.2. The van der Waals surface area contributed by atoms with Gasteiger partial charge in [0.15, 0.2) is 0 Å². The van der Waals surface area contributed by atoms with Gasteiger partial charge in [0.05, 0.1) is 4.90 Å². The van der Waals surface area contributed by atoms with E-state index >= 15 is 0 Å². The highest BCUT2D eigenvalue weighted by Gasteiger charge is 2.35. The quantitative estimate of drug-likeness (QED) is 0.540. The summed E-state index contributed by atoms with van der Waals surface area (Å²) in [4.78, 5) is 37.9. The zero-order valence-corrected chi connectivity index (χ0v) is 19.1. The number of nitrogens with zero attached hydrogens (tertiary/aromatic N) is 1. The number of hydrogen-bond acceptors (Lipinski definition) is 5. The number of aliphatic carboxylic acids is 1. The fourth-order valence-electron chi connectivity index (χ4n) is 3.38. The van der Waals surface area contributed by atoms with Crippen LogP contribution in [0.3, 0.4) is 0 Å². The van der Waals surface area contributed by atoms with Crippen LogP contribution in [0.15, 0.2) is 29.2 Å². The van der Waals surface area contributed by atoms with Crippen LogP contribution in [0.5, 0.6) is 0 Å². The maximum atomic E-state index is 13.1. The molecule has 0 aromatic heterocycles. The number of sulfonamides is 1. The summed E-state index contributed by atoms with van der Waals surface area (Å²) >= 11 is 0. The van der Waals surface area contributed by atoms with Crippen molar-refractivity contribution < 1.29 is 27.9 Å². The second-order valence-corrected chi connectivity index (χ2v) is 10.0. The minimum Gasteiger partial charge on any atom is -0.480 e. The maximum absolute atomic E-state index is 13.1. The number of hydrogen-bond donors (Lipinski definition) is 3. The number of aryl methyl sites for hydroxylation is 1. The molecule has 0 spiro atoms. The van der Waals surface area contributed by atoms with Crippen molar-refractivity contribution in [2.24, 2.45) is 11.8 Å². The fraction of sp³-hybridized carbons (Fsp3) is 0.571. The van der Waals surface area contributed by atoms with Gasteiger partial charge in [-0.3, -0.25) is 14.4 Å². The standard InChI is InChI=1S/C21H31N3O6S/c1-13(2)18(23-31(29,30)17-7-5-14(3)6-8-17)20(26)24-11-9-16(10-12-24)19(25)22-15(4)21(27)28/h5-8,13,15-16,18,23H,9-12H2,1-4H3,(H,22,25)(H,27,28)/t15-,18-/m1/s1. The molecule has 1 aromatic carbocycles. The Bertz CT molecular complexity index is 906. The molecule has 172 valence electrons. The number of benzene rings is 1. The monoisotopic (exact) mass is 453 g/mol. The summed E-state index contributed by atoms with van der Waals surface area (Å²) in [5, 5.41) is 11.4. The van der Waals surface area contributed by atoms with E-state index in [0.29, 0.717) is 25.9 Å². The lowest BCUT2D eigenvalue weighted by molar-refractivity contribution is -0.142. The van der Waals surface area contributed by atoms with Crippen LogP contribution in [0.25, 0.3) is 0 Å². The minimum absolute atomic E-state index is 0.0967. The minimum atomic E-state index is -3.87. The molecule has 9 nitrogen and oxygen atoms in total. The molecule has 2 rings (SSSR count). The Hall–Kier alpha value is -2.46. The van der Waals surface area contributed by atoms with Gasteiger partial charge in [-0.1, -0.05) is 31.5 Å². The summed E-state index contributed by atoms with van der Waals surface area (Å²) in [6.07, 6.45) is 0.777. The van der Waals surface area contributed by atoms with E-state index in [-0.39, 0.29) is 28.5 Å². The van der Waals surface area contributed by atoms with Gasteiger partial charge in [-0.05, 0) is 44.7 Å². The van der Waals surface area contributed by atoms with Crippen molar-refractivity contribution >= 4 is 27.8 Å². The molecular weight excluding hydrogens is 422 g/mol. The molecule has 3 N–H and O–H groups in total. The van der Waals surface area contributed by atoms with Crippen LogP contribution in [0.1, 0.15) is 39.2 Å². The Kier molecular flexibility index (Phi) is 8.19. The van der Waals surface area contributed by atoms with E-state index < -0.39 is 28.1 Å². The lowest BCUT2D eigenvalue weighted by Gasteiger charge is -2.35. The lowest BCUT2D eigenvalue weighted by Crippen LogP contribution is -2.54. The van der Waals surface area contributed by atoms with Crippen molar-refractivity contribution in [3.63, 3.8) is 0 Å². The van der Waals surface area contributed by atoms with Gasteiger partial charge in [0.2, 0.25) is 21.8 Å². The fourth-order valence-corrected chi connectivity index (χ4v) is 4.71. The summed E-state index contributed by atoms with van der Waals surface area (Å²) < 4.78 is 28.1. The van der Waals surface area contributed by atoms with Crippen molar-refractivity contribution in [3.05, 3.63) is 29.8 Å². The van der Waals surface area contributed by atoms with Gasteiger partial charge >= 0.3 is 5.97 Å². The van der Waals surface area contributed by atoms with Gasteiger partial charge in [0.1, 0.15) is 12.1 Å². The molecule has 0 bridgehead atoms. The molecular formula is C21H31N3O6S. The van der Waals surface area contributed by atoms with Gasteiger partial charge in [0, 0.05) is 19.0 Å². The average Bonchev–Trinajstić information content (AvgIpc) is 2.71. The molecule has 1 saturated heterocycles. The highest BCUT2D eigenvalue weighted by atomic mass is 32.2. The third-order valence-electron chi connectivity index (χ3n) is 5.45. The van der Waals surface area contributed by atoms with Crippen LogP contribution in [0.4, 0.5) is 0 Å². The summed E-state index contributed by atoms with van der Waals surface area (Å²) in [5.41, 5.74) is 0.931. The Morgan fingerprint density at radius 3 is 2.10 bits per heavy atom. The zero-order chi connectivity index (χ0) is 23.3. The molecule has 0 saturated carbocycles. The van der Waals surface area contributed by atoms with Gasteiger partial charge in [-0.25, -0.2) is 8.42 Å². The number of carbonyl (C=O) groups excluding carboxylic acids is 2. The molecule has 1 aliphatic heterocycles. The number of piperidine rings is 1. The number of likely N-dealkylation sites (tertiary alicyclic amines) is 1. The Morgan fingerprint density at radius 2 is 1.61 bits per heavy atom. The number of amides is 2. The van der Waals surface area contributed by atoms with Crippen molar-refractivity contribution in [3.8, 4) is 0 Å². The number of carboxylic acids is 1. The van der Waals surface area contributed by atoms with Crippen LogP contribution >= 0.6 is 0 Å². The predicted octanol–water partition coefficient (Wildman–Crippen LogP) is 1.13. The maximum Gasteiger partial charge on any atom is 0.325 e. The normalized spacial score (nSPS) is 17.3. The lowest BCUT2D eigenvalue weighted by atomic mass is 9.94. The summed E-state index contributed by atoms with van der Waals surface area (Å²) in [7, 11) is -3.87. The Morgan fingerprint density at radius 1 is 1.06 bits per heavy atom. The number of nitrogens with one attached hydrogen (secondary N) is 2. The van der Waals surface area contributed by atoms with E-state index in [9.17, 15) is 22.8 Å². The van der Waals surface area contributed by atoms with Crippen molar-refractivity contribution in [2.45, 2.75) is 57.5 Å². The van der Waals surface area contributed by atoms with Crippen LogP contribution in [-0.4, -0.2) is 61.4 Å². The first-order chi connectivity index (χ1) is 14.4. The topological polar surface area (TPSA) is 133 Å². The van der Waals surface area contributed by atoms with Gasteiger partial charge in [0.25, 0.3) is 0 Å². The van der Waals surface area contributed by atoms with Gasteiger partial charge in [-0.2, -0.15) is 4.72 Å². The molecule has 2 amide bonds. The summed E-state index contributed by atoms with van der Waals surface area (Å²) in [6.45, 7) is 7.39. The second-order valence-electron chi connectivity index (χ2n) is 8.32. The Balaban J connectivity index is 2.02. The number of rotatable bonds is 8. The van der Waals surface area contributed by atoms with Crippen molar-refractivity contribution in [1.29, 1.82) is 0 Å². The molecule has 1 fully saturated rings. The van der Waals surface area contributed by atoms with Crippen LogP contribution in [0, 0.1) is 18.8 Å². The van der Waals surface area contributed by atoms with Crippen molar-refractivity contribution in [1.82, 2.24) is 14.9 Å². The first kappa shape index (κ1) is 24.8. The molecule has 1 heterocycles. The molecule has 31 heavy (non-hydrogen) atoms. The molecule has 1 aromatic rings. The van der Waals surface area contributed by atoms with Crippen LogP contribution < -0.4 is 10.0 Å². The van der Waals surface area contributed by atoms with Crippen LogP contribution in [0.2, 0.25) is 0 Å². The average molecular weight is 454 g/mol. The summed E-state index contributed by atoms with van der Waals surface area (Å²) in [5.74, 6) is -2.44. The Labute approximate surface area is 183 Å². The molecule has 0 aliphatic carbocycles. The van der Waals surface area contributed by atoms with E-state index in [0.717, 1.165) is 5.56 Å². The van der Waals surface area contributed by atoms with E-state index in [4.69, 9.17) is 5.11 Å².